The van der Waals surface area contributed by atoms with Crippen molar-refractivity contribution in [2.45, 2.75) is 106 Å². The smallest absolute Gasteiger partial charge is 0.303 e. The molecule has 0 saturated carbocycles. The normalized spacial score (nSPS) is 11.1. The summed E-state index contributed by atoms with van der Waals surface area (Å²) in [6.07, 6.45) is 9.06. The maximum Gasteiger partial charge on any atom is 0.303 e. The standard InChI is InChI=1S/2C10H20O2.Sn.2H2/c2*1-10(2,3)8-6-4-5-7-9(11)12;;;/h2*4-8H2,1-3H3,(H,11,12);;2*1H. The van der Waals surface area contributed by atoms with Gasteiger partial charge in [-0.2, -0.15) is 0 Å². The van der Waals surface area contributed by atoms with Crippen molar-refractivity contribution in [1.29, 1.82) is 0 Å². The van der Waals surface area contributed by atoms with Crippen molar-refractivity contribution in [3.8, 4) is 0 Å². The van der Waals surface area contributed by atoms with Crippen molar-refractivity contribution in [3.05, 3.63) is 0 Å². The molecule has 0 spiro atoms. The van der Waals surface area contributed by atoms with E-state index in [4.69, 9.17) is 10.2 Å². The van der Waals surface area contributed by atoms with Crippen molar-refractivity contribution in [1.82, 2.24) is 0 Å². The Morgan fingerprint density at radius 3 is 1.12 bits per heavy atom. The molecular weight excluding hydrogens is 423 g/mol. The van der Waals surface area contributed by atoms with Crippen LogP contribution in [0.1, 0.15) is 109 Å². The van der Waals surface area contributed by atoms with Crippen molar-refractivity contribution in [2.75, 3.05) is 0 Å². The summed E-state index contributed by atoms with van der Waals surface area (Å²) >= 11 is 0. The van der Waals surface area contributed by atoms with E-state index in [-0.39, 0.29) is 26.8 Å². The average Bonchev–Trinajstić information content (AvgIpc) is 2.35. The van der Waals surface area contributed by atoms with Crippen LogP contribution in [0.3, 0.4) is 0 Å². The topological polar surface area (TPSA) is 74.6 Å². The minimum absolute atomic E-state index is 0. The number of carbonyl (C=O) groups is 2. The van der Waals surface area contributed by atoms with Gasteiger partial charge in [-0.05, 0) is 36.5 Å². The van der Waals surface area contributed by atoms with Gasteiger partial charge < -0.3 is 10.2 Å². The molecule has 2 N–H and O–H groups in total. The Bertz CT molecular complexity index is 317. The van der Waals surface area contributed by atoms with Gasteiger partial charge in [-0.25, -0.2) is 0 Å². The number of aliphatic carboxylic acids is 2. The summed E-state index contributed by atoms with van der Waals surface area (Å²) in [4.78, 5) is 20.3. The van der Waals surface area contributed by atoms with E-state index in [1.54, 1.807) is 0 Å². The molecular formula is C20H44O4Sn. The molecule has 4 nitrogen and oxygen atoms in total. The number of carboxylic acid groups (broad SMARTS) is 2. The first-order valence-corrected chi connectivity index (χ1v) is 9.27. The molecule has 0 atom stereocenters. The first-order chi connectivity index (χ1) is 10.8. The molecule has 0 amide bonds. The van der Waals surface area contributed by atoms with Crippen LogP contribution in [0.5, 0.6) is 0 Å². The monoisotopic (exact) mass is 468 g/mol. The summed E-state index contributed by atoms with van der Waals surface area (Å²) < 4.78 is 0. The Hall–Kier alpha value is -0.261. The molecule has 0 aliphatic rings. The van der Waals surface area contributed by atoms with Crippen LogP contribution in [-0.4, -0.2) is 46.1 Å². The minimum atomic E-state index is -0.675. The van der Waals surface area contributed by atoms with Gasteiger partial charge in [0.25, 0.3) is 0 Å². The maximum atomic E-state index is 10.2. The largest absolute Gasteiger partial charge is 0.481 e. The fraction of sp³-hybridized carbons (Fsp3) is 0.900. The van der Waals surface area contributed by atoms with Gasteiger partial charge in [0.2, 0.25) is 0 Å². The van der Waals surface area contributed by atoms with Gasteiger partial charge in [-0.3, -0.25) is 9.59 Å². The van der Waals surface area contributed by atoms with Gasteiger partial charge in [0, 0.05) is 39.6 Å². The molecule has 0 aromatic heterocycles. The first-order valence-electron chi connectivity index (χ1n) is 9.27. The quantitative estimate of drug-likeness (QED) is 0.294. The summed E-state index contributed by atoms with van der Waals surface area (Å²) in [5, 5.41) is 16.7. The van der Waals surface area contributed by atoms with Gasteiger partial charge in [0.05, 0.1) is 0 Å². The molecule has 0 fully saturated rings. The minimum Gasteiger partial charge on any atom is -0.481 e. The van der Waals surface area contributed by atoms with Crippen LogP contribution in [0.4, 0.5) is 0 Å². The fourth-order valence-corrected chi connectivity index (χ4v) is 2.22. The zero-order chi connectivity index (χ0) is 19.2. The summed E-state index contributed by atoms with van der Waals surface area (Å²) in [7, 11) is 0. The number of rotatable bonds is 10. The van der Waals surface area contributed by atoms with Crippen molar-refractivity contribution < 1.29 is 22.7 Å². The maximum absolute atomic E-state index is 10.2. The van der Waals surface area contributed by atoms with E-state index in [9.17, 15) is 9.59 Å². The first kappa shape index (κ1) is 29.5. The number of hydrogen-bond acceptors (Lipinski definition) is 2. The Morgan fingerprint density at radius 2 is 0.920 bits per heavy atom. The van der Waals surface area contributed by atoms with E-state index in [1.165, 1.54) is 12.8 Å². The SMILES string of the molecule is CC(C)(C)CCCCCC(=O)O.CC(C)(C)CCCCCC(=O)O.[HH].[HH].[Sn]. The second kappa shape index (κ2) is 16.0. The fourth-order valence-electron chi connectivity index (χ4n) is 2.22. The van der Waals surface area contributed by atoms with Gasteiger partial charge >= 0.3 is 11.9 Å². The van der Waals surface area contributed by atoms with Crippen LogP contribution in [0, 0.1) is 10.8 Å². The molecule has 0 unspecified atom stereocenters. The van der Waals surface area contributed by atoms with Crippen molar-refractivity contribution >= 4 is 35.8 Å². The molecule has 0 rings (SSSR count). The van der Waals surface area contributed by atoms with E-state index >= 15 is 0 Å². The van der Waals surface area contributed by atoms with Gasteiger partial charge in [-0.15, -0.1) is 0 Å². The Labute approximate surface area is 175 Å². The summed E-state index contributed by atoms with van der Waals surface area (Å²) in [5.74, 6) is -1.35. The van der Waals surface area contributed by atoms with Crippen LogP contribution in [0.15, 0.2) is 0 Å². The number of carboxylic acids is 2. The van der Waals surface area contributed by atoms with Crippen LogP contribution in [0.25, 0.3) is 0 Å². The van der Waals surface area contributed by atoms with E-state index in [2.05, 4.69) is 41.5 Å². The van der Waals surface area contributed by atoms with Crippen LogP contribution < -0.4 is 0 Å². The predicted octanol–water partition coefficient (Wildman–Crippen LogP) is 6.25. The van der Waals surface area contributed by atoms with Crippen LogP contribution in [-0.2, 0) is 9.59 Å². The number of hydrogen-bond donors (Lipinski definition) is 2. The zero-order valence-electron chi connectivity index (χ0n) is 17.3. The predicted molar refractivity (Wildman–Crippen MR) is 110 cm³/mol. The van der Waals surface area contributed by atoms with Gasteiger partial charge in [-0.1, -0.05) is 67.2 Å². The molecule has 0 saturated heterocycles. The van der Waals surface area contributed by atoms with Gasteiger partial charge in [0.1, 0.15) is 0 Å². The molecule has 0 aromatic rings. The van der Waals surface area contributed by atoms with Crippen molar-refractivity contribution in [2.24, 2.45) is 10.8 Å². The molecule has 0 bridgehead atoms. The third-order valence-electron chi connectivity index (χ3n) is 3.63. The van der Waals surface area contributed by atoms with Crippen LogP contribution in [0.2, 0.25) is 0 Å². The Kier molecular flexibility index (Phi) is 18.8. The second-order valence-corrected chi connectivity index (χ2v) is 9.03. The zero-order valence-corrected chi connectivity index (χ0v) is 20.1. The van der Waals surface area contributed by atoms with E-state index in [1.807, 2.05) is 0 Å². The summed E-state index contributed by atoms with van der Waals surface area (Å²) in [6.45, 7) is 13.3. The third kappa shape index (κ3) is 35.7. The molecule has 25 heavy (non-hydrogen) atoms. The molecule has 0 aliphatic carbocycles. The molecule has 0 heterocycles. The molecule has 0 aliphatic heterocycles. The molecule has 0 aromatic carbocycles. The van der Waals surface area contributed by atoms with Crippen molar-refractivity contribution in [3.63, 3.8) is 0 Å². The van der Waals surface area contributed by atoms with Crippen LogP contribution >= 0.6 is 0 Å². The molecule has 4 radical (unpaired) electrons. The molecule has 152 valence electrons. The average molecular weight is 467 g/mol. The van der Waals surface area contributed by atoms with E-state index in [0.29, 0.717) is 23.7 Å². The summed E-state index contributed by atoms with van der Waals surface area (Å²) in [5.41, 5.74) is 0.784. The second-order valence-electron chi connectivity index (χ2n) is 9.03. The van der Waals surface area contributed by atoms with E-state index in [0.717, 1.165) is 38.5 Å². The third-order valence-corrected chi connectivity index (χ3v) is 3.63. The Balaban J connectivity index is -0.000000108. The Morgan fingerprint density at radius 1 is 0.640 bits per heavy atom. The summed E-state index contributed by atoms with van der Waals surface area (Å²) in [6, 6.07) is 0. The van der Waals surface area contributed by atoms with Gasteiger partial charge in [0.15, 0.2) is 0 Å². The molecule has 5 heteroatoms. The number of unbranched alkanes of at least 4 members (excludes halogenated alkanes) is 4. The van der Waals surface area contributed by atoms with E-state index < -0.39 is 11.9 Å².